The van der Waals surface area contributed by atoms with Crippen molar-refractivity contribution in [3.05, 3.63) is 81.8 Å². The predicted octanol–water partition coefficient (Wildman–Crippen LogP) is 4.79. The van der Waals surface area contributed by atoms with Crippen LogP contribution in [0.2, 0.25) is 10.0 Å². The zero-order valence-corrected chi connectivity index (χ0v) is 14.9. The fourth-order valence-corrected chi connectivity index (χ4v) is 2.64. The topological polar surface area (TPSA) is 66.9 Å². The Hall–Kier alpha value is -2.70. The quantitative estimate of drug-likeness (QED) is 0.657. The van der Waals surface area contributed by atoms with Crippen LogP contribution in [-0.4, -0.2) is 15.9 Å². The summed E-state index contributed by atoms with van der Waals surface area (Å²) in [6.07, 6.45) is 1.46. The molecule has 1 amide bonds. The van der Waals surface area contributed by atoms with E-state index in [4.69, 9.17) is 23.2 Å². The number of halogens is 3. The molecular weight excluding hydrogens is 378 g/mol. The number of rotatable bonds is 5. The number of hydrogen-bond donors (Lipinski definition) is 2. The molecule has 0 saturated carbocycles. The maximum absolute atomic E-state index is 12.9. The number of nitrogens with zero attached hydrogens (tertiary/aromatic N) is 2. The highest BCUT2D eigenvalue weighted by Gasteiger charge is 2.13. The summed E-state index contributed by atoms with van der Waals surface area (Å²) in [6, 6.07) is 12.4. The van der Waals surface area contributed by atoms with Crippen molar-refractivity contribution in [1.29, 1.82) is 0 Å². The van der Waals surface area contributed by atoms with Crippen molar-refractivity contribution < 1.29 is 9.18 Å². The van der Waals surface area contributed by atoms with Gasteiger partial charge in [0, 0.05) is 12.7 Å². The zero-order chi connectivity index (χ0) is 18.5. The molecule has 0 unspecified atom stereocenters. The molecular formula is C18H13Cl2FN4O. The first-order valence-corrected chi connectivity index (χ1v) is 8.35. The standard InChI is InChI=1S/C18H13Cl2FN4O/c19-13-2-1-3-14(20)16(13)25-17(26)15-8-9-22-18(24-15)23-10-11-4-6-12(21)7-5-11/h1-9H,10H2,(H,25,26)(H,22,23,24). The van der Waals surface area contributed by atoms with E-state index in [1.165, 1.54) is 24.4 Å². The van der Waals surface area contributed by atoms with Gasteiger partial charge in [-0.05, 0) is 35.9 Å². The molecule has 0 radical (unpaired) electrons. The molecule has 132 valence electrons. The van der Waals surface area contributed by atoms with E-state index < -0.39 is 5.91 Å². The molecule has 0 atom stereocenters. The lowest BCUT2D eigenvalue weighted by Crippen LogP contribution is -2.16. The Kier molecular flexibility index (Phi) is 5.65. The molecule has 0 aliphatic rings. The molecule has 0 bridgehead atoms. The molecule has 2 aromatic carbocycles. The summed E-state index contributed by atoms with van der Waals surface area (Å²) in [7, 11) is 0. The van der Waals surface area contributed by atoms with Gasteiger partial charge in [0.25, 0.3) is 5.91 Å². The minimum absolute atomic E-state index is 0.151. The second kappa shape index (κ2) is 8.12. The van der Waals surface area contributed by atoms with Crippen LogP contribution in [0.25, 0.3) is 0 Å². The van der Waals surface area contributed by atoms with Gasteiger partial charge in [-0.3, -0.25) is 4.79 Å². The predicted molar refractivity (Wildman–Crippen MR) is 100 cm³/mol. The Labute approximate surface area is 159 Å². The van der Waals surface area contributed by atoms with Crippen LogP contribution in [-0.2, 0) is 6.54 Å². The third-order valence-electron chi connectivity index (χ3n) is 3.45. The Balaban J connectivity index is 1.70. The summed E-state index contributed by atoms with van der Waals surface area (Å²) in [5, 5.41) is 6.28. The van der Waals surface area contributed by atoms with Crippen LogP contribution in [0.3, 0.4) is 0 Å². The van der Waals surface area contributed by atoms with Crippen LogP contribution in [0.15, 0.2) is 54.7 Å². The molecule has 3 rings (SSSR count). The van der Waals surface area contributed by atoms with Crippen LogP contribution in [0.4, 0.5) is 16.0 Å². The number of carbonyl (C=O) groups excluding carboxylic acids is 1. The number of carbonyl (C=O) groups is 1. The van der Waals surface area contributed by atoms with E-state index in [9.17, 15) is 9.18 Å². The number of benzene rings is 2. The van der Waals surface area contributed by atoms with Crippen molar-refractivity contribution in [3.63, 3.8) is 0 Å². The molecule has 3 aromatic rings. The third kappa shape index (κ3) is 4.47. The van der Waals surface area contributed by atoms with Crippen LogP contribution in [0.5, 0.6) is 0 Å². The average Bonchev–Trinajstić information content (AvgIpc) is 2.64. The lowest BCUT2D eigenvalue weighted by Gasteiger charge is -2.10. The van der Waals surface area contributed by atoms with Gasteiger partial charge >= 0.3 is 0 Å². The first kappa shape index (κ1) is 18.1. The molecule has 0 aliphatic carbocycles. The summed E-state index contributed by atoms with van der Waals surface area (Å²) < 4.78 is 12.9. The normalized spacial score (nSPS) is 10.4. The summed E-state index contributed by atoms with van der Waals surface area (Å²) >= 11 is 12.1. The number of nitrogens with one attached hydrogen (secondary N) is 2. The smallest absolute Gasteiger partial charge is 0.274 e. The van der Waals surface area contributed by atoms with E-state index in [1.807, 2.05) is 0 Å². The second-order valence-electron chi connectivity index (χ2n) is 5.30. The SMILES string of the molecule is O=C(Nc1c(Cl)cccc1Cl)c1ccnc(NCc2ccc(F)cc2)n1. The van der Waals surface area contributed by atoms with E-state index in [0.717, 1.165) is 5.56 Å². The van der Waals surface area contributed by atoms with Gasteiger partial charge < -0.3 is 10.6 Å². The Morgan fingerprint density at radius 2 is 1.73 bits per heavy atom. The Morgan fingerprint density at radius 1 is 1.04 bits per heavy atom. The molecule has 5 nitrogen and oxygen atoms in total. The van der Waals surface area contributed by atoms with Crippen molar-refractivity contribution in [2.24, 2.45) is 0 Å². The van der Waals surface area contributed by atoms with Crippen molar-refractivity contribution in [2.45, 2.75) is 6.54 Å². The average molecular weight is 391 g/mol. The number of aromatic nitrogens is 2. The lowest BCUT2D eigenvalue weighted by molar-refractivity contribution is 0.102. The highest BCUT2D eigenvalue weighted by Crippen LogP contribution is 2.30. The van der Waals surface area contributed by atoms with Gasteiger partial charge in [-0.1, -0.05) is 41.4 Å². The largest absolute Gasteiger partial charge is 0.350 e. The van der Waals surface area contributed by atoms with Gasteiger partial charge in [0.15, 0.2) is 0 Å². The lowest BCUT2D eigenvalue weighted by atomic mass is 10.2. The first-order valence-electron chi connectivity index (χ1n) is 7.59. The van der Waals surface area contributed by atoms with Gasteiger partial charge in [-0.2, -0.15) is 0 Å². The molecule has 8 heteroatoms. The second-order valence-corrected chi connectivity index (χ2v) is 6.11. The molecule has 0 fully saturated rings. The van der Waals surface area contributed by atoms with E-state index in [0.29, 0.717) is 22.3 Å². The van der Waals surface area contributed by atoms with Crippen molar-refractivity contribution >= 4 is 40.7 Å². The number of hydrogen-bond acceptors (Lipinski definition) is 4. The van der Waals surface area contributed by atoms with E-state index in [2.05, 4.69) is 20.6 Å². The number of para-hydroxylation sites is 1. The van der Waals surface area contributed by atoms with Crippen LogP contribution in [0.1, 0.15) is 16.1 Å². The third-order valence-corrected chi connectivity index (χ3v) is 4.08. The fraction of sp³-hybridized carbons (Fsp3) is 0.0556. The van der Waals surface area contributed by atoms with Crippen molar-refractivity contribution in [1.82, 2.24) is 9.97 Å². The van der Waals surface area contributed by atoms with E-state index in [-0.39, 0.29) is 17.5 Å². The Morgan fingerprint density at radius 3 is 2.42 bits per heavy atom. The highest BCUT2D eigenvalue weighted by molar-refractivity contribution is 6.40. The van der Waals surface area contributed by atoms with E-state index >= 15 is 0 Å². The zero-order valence-electron chi connectivity index (χ0n) is 13.3. The van der Waals surface area contributed by atoms with Gasteiger partial charge in [0.05, 0.1) is 15.7 Å². The highest BCUT2D eigenvalue weighted by atomic mass is 35.5. The molecule has 0 spiro atoms. The number of amides is 1. The summed E-state index contributed by atoms with van der Waals surface area (Å²) in [5.41, 5.74) is 1.32. The van der Waals surface area contributed by atoms with Crippen LogP contribution < -0.4 is 10.6 Å². The molecule has 1 aromatic heterocycles. The van der Waals surface area contributed by atoms with Gasteiger partial charge in [0.1, 0.15) is 11.5 Å². The van der Waals surface area contributed by atoms with Crippen molar-refractivity contribution in [3.8, 4) is 0 Å². The summed E-state index contributed by atoms with van der Waals surface area (Å²) in [6.45, 7) is 0.391. The minimum Gasteiger partial charge on any atom is -0.350 e. The van der Waals surface area contributed by atoms with Gasteiger partial charge in [0.2, 0.25) is 5.95 Å². The maximum atomic E-state index is 12.9. The molecule has 1 heterocycles. The van der Waals surface area contributed by atoms with Crippen molar-refractivity contribution in [2.75, 3.05) is 10.6 Å². The maximum Gasteiger partial charge on any atom is 0.274 e. The number of anilines is 2. The van der Waals surface area contributed by atoms with Gasteiger partial charge in [-0.15, -0.1) is 0 Å². The molecule has 26 heavy (non-hydrogen) atoms. The fourth-order valence-electron chi connectivity index (χ4n) is 2.15. The minimum atomic E-state index is -0.466. The van der Waals surface area contributed by atoms with E-state index in [1.54, 1.807) is 30.3 Å². The first-order chi connectivity index (χ1) is 12.5. The van der Waals surface area contributed by atoms with Gasteiger partial charge in [-0.25, -0.2) is 14.4 Å². The molecule has 2 N–H and O–H groups in total. The molecule has 0 aliphatic heterocycles. The summed E-state index contributed by atoms with van der Waals surface area (Å²) in [4.78, 5) is 20.6. The summed E-state index contributed by atoms with van der Waals surface area (Å²) in [5.74, 6) is -0.499. The van der Waals surface area contributed by atoms with Crippen LogP contribution in [0, 0.1) is 5.82 Å². The molecule has 0 saturated heterocycles. The van der Waals surface area contributed by atoms with Crippen LogP contribution >= 0.6 is 23.2 Å². The Bertz CT molecular complexity index is 914. The monoisotopic (exact) mass is 390 g/mol.